The number of aromatic nitrogens is 3. The largest absolute Gasteiger partial charge is 0.241 e. The molecule has 4 aromatic carbocycles. The molecule has 0 amide bonds. The van der Waals surface area contributed by atoms with Gasteiger partial charge in [0.1, 0.15) is 0 Å². The zero-order valence-corrected chi connectivity index (χ0v) is 20.2. The Morgan fingerprint density at radius 1 is 0.543 bits per heavy atom. The molecule has 35 heavy (non-hydrogen) atoms. The van der Waals surface area contributed by atoms with Crippen LogP contribution in [-0.4, -0.2) is 15.0 Å². The molecule has 4 heteroatoms. The van der Waals surface area contributed by atoms with Crippen LogP contribution in [0.25, 0.3) is 55.2 Å². The van der Waals surface area contributed by atoms with Crippen LogP contribution in [0.3, 0.4) is 0 Å². The van der Waals surface area contributed by atoms with Gasteiger partial charge in [0.25, 0.3) is 0 Å². The summed E-state index contributed by atoms with van der Waals surface area (Å²) in [7, 11) is 0. The lowest BCUT2D eigenvalue weighted by Gasteiger charge is -2.10. The number of hydrogen-bond donors (Lipinski definition) is 0. The van der Waals surface area contributed by atoms with Crippen molar-refractivity contribution in [3.8, 4) is 45.0 Å². The fourth-order valence-electron chi connectivity index (χ4n) is 4.23. The van der Waals surface area contributed by atoms with Crippen LogP contribution in [0, 0.1) is 0 Å². The Bertz CT molecular complexity index is 1560. The molecule has 2 aromatic heterocycles. The van der Waals surface area contributed by atoms with Crippen molar-refractivity contribution in [1.29, 1.82) is 0 Å². The first kappa shape index (κ1) is 21.4. The third kappa shape index (κ3) is 4.36. The van der Waals surface area contributed by atoms with Gasteiger partial charge in [-0.05, 0) is 41.8 Å². The highest BCUT2D eigenvalue weighted by molar-refractivity contribution is 7.18. The molecule has 0 saturated heterocycles. The molecule has 3 nitrogen and oxygen atoms in total. The van der Waals surface area contributed by atoms with E-state index in [0.717, 1.165) is 57.0 Å². The number of nitrogens with zero attached hydrogens (tertiary/aromatic N) is 3. The predicted octanol–water partition coefficient (Wildman–Crippen LogP) is 8.32. The molecule has 6 rings (SSSR count). The Kier molecular flexibility index (Phi) is 5.65. The number of thiazole rings is 1. The van der Waals surface area contributed by atoms with Gasteiger partial charge in [0.05, 0.1) is 26.6 Å². The molecule has 0 unspecified atom stereocenters. The maximum atomic E-state index is 4.98. The average molecular weight is 470 g/mol. The van der Waals surface area contributed by atoms with Gasteiger partial charge in [-0.3, -0.25) is 0 Å². The molecule has 0 N–H and O–H groups in total. The Balaban J connectivity index is 1.47. The molecule has 0 radical (unpaired) electrons. The van der Waals surface area contributed by atoms with Gasteiger partial charge in [-0.2, -0.15) is 0 Å². The minimum absolute atomic E-state index is 0.725. The summed E-state index contributed by atoms with van der Waals surface area (Å²) in [5, 5.41) is 1.17. The summed E-state index contributed by atoms with van der Waals surface area (Å²) >= 11 is 1.77. The summed E-state index contributed by atoms with van der Waals surface area (Å²) in [6, 6.07) is 37.6. The van der Waals surface area contributed by atoms with E-state index >= 15 is 0 Å². The lowest BCUT2D eigenvalue weighted by molar-refractivity contribution is 1.11. The van der Waals surface area contributed by atoms with Gasteiger partial charge in [-0.25, -0.2) is 15.0 Å². The lowest BCUT2D eigenvalue weighted by Crippen LogP contribution is -1.96. The van der Waals surface area contributed by atoms with Crippen LogP contribution in [-0.2, 0) is 6.42 Å². The van der Waals surface area contributed by atoms with E-state index in [4.69, 9.17) is 15.0 Å². The molecular weight excluding hydrogens is 446 g/mol. The number of benzene rings is 4. The van der Waals surface area contributed by atoms with Crippen LogP contribution in [0.15, 0.2) is 109 Å². The van der Waals surface area contributed by atoms with Crippen molar-refractivity contribution in [2.24, 2.45) is 0 Å². The van der Waals surface area contributed by atoms with E-state index in [1.165, 1.54) is 9.71 Å². The smallest absolute Gasteiger partial charge is 0.160 e. The molecule has 6 aromatic rings. The molecule has 0 spiro atoms. The minimum Gasteiger partial charge on any atom is -0.241 e. The van der Waals surface area contributed by atoms with Crippen LogP contribution in [0.4, 0.5) is 0 Å². The Morgan fingerprint density at radius 2 is 1.17 bits per heavy atom. The second kappa shape index (κ2) is 9.24. The zero-order chi connectivity index (χ0) is 23.6. The first-order valence-electron chi connectivity index (χ1n) is 11.8. The molecule has 168 valence electrons. The van der Waals surface area contributed by atoms with Gasteiger partial charge >= 0.3 is 0 Å². The van der Waals surface area contributed by atoms with E-state index in [1.807, 2.05) is 36.4 Å². The monoisotopic (exact) mass is 469 g/mol. The van der Waals surface area contributed by atoms with Gasteiger partial charge in [0.2, 0.25) is 0 Å². The molecule has 0 bridgehead atoms. The summed E-state index contributed by atoms with van der Waals surface area (Å²) in [5.74, 6) is 0.725. The number of rotatable bonds is 5. The fraction of sp³-hybridized carbons (Fsp3) is 0.0645. The van der Waals surface area contributed by atoms with E-state index in [1.54, 1.807) is 11.3 Å². The minimum atomic E-state index is 0.725. The second-order valence-electron chi connectivity index (χ2n) is 8.42. The lowest BCUT2D eigenvalue weighted by atomic mass is 10.0. The first-order chi connectivity index (χ1) is 17.3. The normalized spacial score (nSPS) is 11.1. The average Bonchev–Trinajstić information content (AvgIpc) is 3.37. The van der Waals surface area contributed by atoms with Gasteiger partial charge < -0.3 is 0 Å². The summed E-state index contributed by atoms with van der Waals surface area (Å²) in [5.41, 5.74) is 8.33. The van der Waals surface area contributed by atoms with Crippen molar-refractivity contribution in [1.82, 2.24) is 15.0 Å². The van der Waals surface area contributed by atoms with Gasteiger partial charge in [-0.1, -0.05) is 91.9 Å². The third-order valence-electron chi connectivity index (χ3n) is 6.05. The summed E-state index contributed by atoms with van der Waals surface area (Å²) in [6.45, 7) is 2.15. The molecule has 0 aliphatic carbocycles. The maximum absolute atomic E-state index is 4.98. The van der Waals surface area contributed by atoms with E-state index < -0.39 is 0 Å². The number of hydrogen-bond acceptors (Lipinski definition) is 4. The van der Waals surface area contributed by atoms with E-state index in [0.29, 0.717) is 0 Å². The van der Waals surface area contributed by atoms with Gasteiger partial charge in [0, 0.05) is 16.7 Å². The van der Waals surface area contributed by atoms with Crippen molar-refractivity contribution in [2.75, 3.05) is 0 Å². The zero-order valence-electron chi connectivity index (χ0n) is 19.3. The molecule has 2 heterocycles. The van der Waals surface area contributed by atoms with Gasteiger partial charge in [-0.15, -0.1) is 11.3 Å². The predicted molar refractivity (Wildman–Crippen MR) is 146 cm³/mol. The summed E-state index contributed by atoms with van der Waals surface area (Å²) in [6.07, 6.45) is 0.964. The highest BCUT2D eigenvalue weighted by atomic mass is 32.1. The van der Waals surface area contributed by atoms with Crippen LogP contribution in [0.2, 0.25) is 0 Å². The summed E-state index contributed by atoms with van der Waals surface area (Å²) < 4.78 is 1.23. The van der Waals surface area contributed by atoms with E-state index in [2.05, 4.69) is 79.7 Å². The first-order valence-corrected chi connectivity index (χ1v) is 12.6. The second-order valence-corrected chi connectivity index (χ2v) is 9.53. The van der Waals surface area contributed by atoms with Crippen LogP contribution in [0.1, 0.15) is 11.9 Å². The van der Waals surface area contributed by atoms with Crippen molar-refractivity contribution in [3.05, 3.63) is 114 Å². The standard InChI is InChI=1S/C31H23N3S/c1-2-30-32-28-19-24(16-17-29(28)35-30)23-14-9-15-25(18-23)27-20-26(21-10-5-3-6-11-21)33-31(34-27)22-12-7-4-8-13-22/h3-20H,2H2,1H3. The fourth-order valence-corrected chi connectivity index (χ4v) is 5.12. The maximum Gasteiger partial charge on any atom is 0.160 e. The number of aryl methyl sites for hydroxylation is 1. The molecular formula is C31H23N3S. The summed E-state index contributed by atoms with van der Waals surface area (Å²) in [4.78, 5) is 14.7. The van der Waals surface area contributed by atoms with Crippen molar-refractivity contribution < 1.29 is 0 Å². The van der Waals surface area contributed by atoms with Crippen molar-refractivity contribution in [2.45, 2.75) is 13.3 Å². The van der Waals surface area contributed by atoms with Crippen LogP contribution in [0.5, 0.6) is 0 Å². The van der Waals surface area contributed by atoms with E-state index in [9.17, 15) is 0 Å². The highest BCUT2D eigenvalue weighted by Gasteiger charge is 2.12. The van der Waals surface area contributed by atoms with Crippen LogP contribution >= 0.6 is 11.3 Å². The Labute approximate surface area is 208 Å². The highest BCUT2D eigenvalue weighted by Crippen LogP contribution is 2.32. The molecule has 0 fully saturated rings. The van der Waals surface area contributed by atoms with Crippen LogP contribution < -0.4 is 0 Å². The Hall–Kier alpha value is -4.15. The number of fused-ring (bicyclic) bond motifs is 1. The molecule has 0 atom stereocenters. The molecule has 0 aliphatic heterocycles. The molecule has 0 saturated carbocycles. The molecule has 0 aliphatic rings. The SMILES string of the molecule is CCc1nc2cc(-c3cccc(-c4cc(-c5ccccc5)nc(-c5ccccc5)n4)c3)ccc2s1. The van der Waals surface area contributed by atoms with Crippen molar-refractivity contribution in [3.63, 3.8) is 0 Å². The van der Waals surface area contributed by atoms with Crippen molar-refractivity contribution >= 4 is 21.6 Å². The Morgan fingerprint density at radius 3 is 1.91 bits per heavy atom. The van der Waals surface area contributed by atoms with E-state index in [-0.39, 0.29) is 0 Å². The quantitative estimate of drug-likeness (QED) is 0.255. The third-order valence-corrected chi connectivity index (χ3v) is 7.23. The van der Waals surface area contributed by atoms with Gasteiger partial charge in [0.15, 0.2) is 5.82 Å². The topological polar surface area (TPSA) is 38.7 Å².